The number of morpholine rings is 1. The standard InChI is InChI=1S/C26H27ClN2O3/c27-25-7-2-1-6-23(25)19-32-24-10-8-22(9-11-24)26(30)28-17-20-4-3-5-21(16-20)18-29-12-14-31-15-13-29/h1-11,16H,12-15,17-19H2,(H,28,30). The Bertz CT molecular complexity index is 1030. The minimum absolute atomic E-state index is 0.110. The average Bonchev–Trinajstić information content (AvgIpc) is 2.83. The number of rotatable bonds is 8. The highest BCUT2D eigenvalue weighted by Crippen LogP contribution is 2.19. The van der Waals surface area contributed by atoms with E-state index in [0.717, 1.165) is 44.0 Å². The van der Waals surface area contributed by atoms with Gasteiger partial charge in [0.05, 0.1) is 13.2 Å². The van der Waals surface area contributed by atoms with Gasteiger partial charge in [-0.05, 0) is 41.5 Å². The molecule has 166 valence electrons. The topological polar surface area (TPSA) is 50.8 Å². The summed E-state index contributed by atoms with van der Waals surface area (Å²) < 4.78 is 11.2. The Labute approximate surface area is 193 Å². The summed E-state index contributed by atoms with van der Waals surface area (Å²) in [4.78, 5) is 14.9. The van der Waals surface area contributed by atoms with Gasteiger partial charge in [0.25, 0.3) is 5.91 Å². The van der Waals surface area contributed by atoms with Crippen LogP contribution in [0.3, 0.4) is 0 Å². The number of hydrogen-bond acceptors (Lipinski definition) is 4. The van der Waals surface area contributed by atoms with Crippen LogP contribution in [0.25, 0.3) is 0 Å². The molecule has 0 aliphatic carbocycles. The first kappa shape index (κ1) is 22.3. The first-order valence-electron chi connectivity index (χ1n) is 10.8. The van der Waals surface area contributed by atoms with Crippen LogP contribution in [0.15, 0.2) is 72.8 Å². The smallest absolute Gasteiger partial charge is 0.251 e. The van der Waals surface area contributed by atoms with Crippen molar-refractivity contribution in [2.24, 2.45) is 0 Å². The van der Waals surface area contributed by atoms with E-state index in [0.29, 0.717) is 29.5 Å². The first-order valence-corrected chi connectivity index (χ1v) is 11.2. The third kappa shape index (κ3) is 6.33. The summed E-state index contributed by atoms with van der Waals surface area (Å²) in [5, 5.41) is 3.68. The highest BCUT2D eigenvalue weighted by Gasteiger charge is 2.11. The third-order valence-corrected chi connectivity index (χ3v) is 5.79. The van der Waals surface area contributed by atoms with E-state index in [4.69, 9.17) is 21.1 Å². The maximum Gasteiger partial charge on any atom is 0.251 e. The van der Waals surface area contributed by atoms with Gasteiger partial charge in [-0.15, -0.1) is 0 Å². The van der Waals surface area contributed by atoms with E-state index in [9.17, 15) is 4.79 Å². The average molecular weight is 451 g/mol. The van der Waals surface area contributed by atoms with Crippen LogP contribution < -0.4 is 10.1 Å². The predicted octanol–water partition coefficient (Wildman–Crippen LogP) is 4.68. The van der Waals surface area contributed by atoms with Gasteiger partial charge in [0.1, 0.15) is 12.4 Å². The van der Waals surface area contributed by atoms with Crippen molar-refractivity contribution in [2.75, 3.05) is 26.3 Å². The van der Waals surface area contributed by atoms with Gasteiger partial charge >= 0.3 is 0 Å². The Morgan fingerprint density at radius 1 is 0.969 bits per heavy atom. The molecule has 0 unspecified atom stereocenters. The molecule has 1 saturated heterocycles. The van der Waals surface area contributed by atoms with Crippen LogP contribution in [0.1, 0.15) is 27.0 Å². The number of carbonyl (C=O) groups is 1. The largest absolute Gasteiger partial charge is 0.489 e. The van der Waals surface area contributed by atoms with Crippen LogP contribution >= 0.6 is 11.6 Å². The first-order chi connectivity index (χ1) is 15.7. The maximum atomic E-state index is 12.6. The molecule has 1 N–H and O–H groups in total. The van der Waals surface area contributed by atoms with Crippen molar-refractivity contribution in [3.63, 3.8) is 0 Å². The van der Waals surface area contributed by atoms with Crippen LogP contribution in [-0.4, -0.2) is 37.1 Å². The minimum Gasteiger partial charge on any atom is -0.489 e. The number of nitrogens with one attached hydrogen (secondary N) is 1. The molecule has 5 nitrogen and oxygen atoms in total. The molecule has 3 aromatic carbocycles. The molecule has 0 saturated carbocycles. The summed E-state index contributed by atoms with van der Waals surface area (Å²) in [6.07, 6.45) is 0. The van der Waals surface area contributed by atoms with Gasteiger partial charge in [-0.2, -0.15) is 0 Å². The van der Waals surface area contributed by atoms with Gasteiger partial charge in [0.15, 0.2) is 0 Å². The predicted molar refractivity (Wildman–Crippen MR) is 126 cm³/mol. The fraction of sp³-hybridized carbons (Fsp3) is 0.269. The lowest BCUT2D eigenvalue weighted by atomic mass is 10.1. The van der Waals surface area contributed by atoms with E-state index in [2.05, 4.69) is 22.3 Å². The molecule has 1 aliphatic heterocycles. The fourth-order valence-corrected chi connectivity index (χ4v) is 3.81. The van der Waals surface area contributed by atoms with Gasteiger partial charge in [-0.25, -0.2) is 0 Å². The molecule has 0 bridgehead atoms. The normalized spacial score (nSPS) is 14.2. The highest BCUT2D eigenvalue weighted by atomic mass is 35.5. The number of ether oxygens (including phenoxy) is 2. The zero-order valence-corrected chi connectivity index (χ0v) is 18.7. The van der Waals surface area contributed by atoms with E-state index in [-0.39, 0.29) is 5.91 Å². The van der Waals surface area contributed by atoms with E-state index in [1.807, 2.05) is 36.4 Å². The second-order valence-corrected chi connectivity index (χ2v) is 8.20. The molecule has 1 fully saturated rings. The molecule has 0 atom stereocenters. The molecule has 1 aliphatic rings. The second-order valence-electron chi connectivity index (χ2n) is 7.80. The SMILES string of the molecule is O=C(NCc1cccc(CN2CCOCC2)c1)c1ccc(OCc2ccccc2Cl)cc1. The quantitative estimate of drug-likeness (QED) is 0.541. The summed E-state index contributed by atoms with van der Waals surface area (Å²) in [6, 6.07) is 23.1. The lowest BCUT2D eigenvalue weighted by molar-refractivity contribution is 0.0342. The number of halogens is 1. The van der Waals surface area contributed by atoms with E-state index in [1.165, 1.54) is 5.56 Å². The molecule has 0 aromatic heterocycles. The van der Waals surface area contributed by atoms with Crippen molar-refractivity contribution in [3.8, 4) is 5.75 Å². The lowest BCUT2D eigenvalue weighted by Gasteiger charge is -2.26. The summed E-state index contributed by atoms with van der Waals surface area (Å²) >= 11 is 6.16. The molecular formula is C26H27ClN2O3. The van der Waals surface area contributed by atoms with Crippen LogP contribution in [-0.2, 0) is 24.4 Å². The van der Waals surface area contributed by atoms with Crippen LogP contribution in [0.2, 0.25) is 5.02 Å². The van der Waals surface area contributed by atoms with Crippen LogP contribution in [0, 0.1) is 0 Å². The zero-order chi connectivity index (χ0) is 22.2. The van der Waals surface area contributed by atoms with Crippen molar-refractivity contribution in [2.45, 2.75) is 19.7 Å². The van der Waals surface area contributed by atoms with Gasteiger partial charge in [-0.3, -0.25) is 9.69 Å². The lowest BCUT2D eigenvalue weighted by Crippen LogP contribution is -2.35. The van der Waals surface area contributed by atoms with Crippen molar-refractivity contribution in [1.82, 2.24) is 10.2 Å². The molecule has 1 amide bonds. The Balaban J connectivity index is 1.27. The van der Waals surface area contributed by atoms with Crippen molar-refractivity contribution >= 4 is 17.5 Å². The van der Waals surface area contributed by atoms with Crippen LogP contribution in [0.5, 0.6) is 5.75 Å². The Kier molecular flexibility index (Phi) is 7.77. The van der Waals surface area contributed by atoms with Crippen LogP contribution in [0.4, 0.5) is 0 Å². The van der Waals surface area contributed by atoms with Gasteiger partial charge < -0.3 is 14.8 Å². The van der Waals surface area contributed by atoms with Crippen molar-refractivity contribution in [1.29, 1.82) is 0 Å². The fourth-order valence-electron chi connectivity index (χ4n) is 3.62. The second kappa shape index (κ2) is 11.1. The zero-order valence-electron chi connectivity index (χ0n) is 17.9. The van der Waals surface area contributed by atoms with Gasteiger partial charge in [0.2, 0.25) is 0 Å². The molecule has 3 aromatic rings. The maximum absolute atomic E-state index is 12.6. The van der Waals surface area contributed by atoms with Crippen molar-refractivity contribution < 1.29 is 14.3 Å². The van der Waals surface area contributed by atoms with Crippen molar-refractivity contribution in [3.05, 3.63) is 100 Å². The summed E-state index contributed by atoms with van der Waals surface area (Å²) in [5.74, 6) is 0.582. The number of benzene rings is 3. The molecule has 0 radical (unpaired) electrons. The number of carbonyl (C=O) groups excluding carboxylic acids is 1. The van der Waals surface area contributed by atoms with Gasteiger partial charge in [-0.1, -0.05) is 54.1 Å². The number of nitrogens with zero attached hydrogens (tertiary/aromatic N) is 1. The Morgan fingerprint density at radius 3 is 2.50 bits per heavy atom. The third-order valence-electron chi connectivity index (χ3n) is 5.42. The monoisotopic (exact) mass is 450 g/mol. The Hall–Kier alpha value is -2.86. The molecular weight excluding hydrogens is 424 g/mol. The molecule has 32 heavy (non-hydrogen) atoms. The minimum atomic E-state index is -0.110. The molecule has 6 heteroatoms. The summed E-state index contributed by atoms with van der Waals surface area (Å²) in [5.41, 5.74) is 3.86. The Morgan fingerprint density at radius 2 is 1.72 bits per heavy atom. The van der Waals surface area contributed by atoms with E-state index < -0.39 is 0 Å². The summed E-state index contributed by atoms with van der Waals surface area (Å²) in [6.45, 7) is 5.27. The highest BCUT2D eigenvalue weighted by molar-refractivity contribution is 6.31. The number of amides is 1. The van der Waals surface area contributed by atoms with Gasteiger partial charge in [0, 0.05) is 42.3 Å². The van der Waals surface area contributed by atoms with E-state index >= 15 is 0 Å². The summed E-state index contributed by atoms with van der Waals surface area (Å²) in [7, 11) is 0. The molecule has 1 heterocycles. The molecule has 4 rings (SSSR count). The van der Waals surface area contributed by atoms with E-state index in [1.54, 1.807) is 24.3 Å². The number of hydrogen-bond donors (Lipinski definition) is 1. The molecule has 0 spiro atoms.